The van der Waals surface area contributed by atoms with E-state index in [2.05, 4.69) is 29.2 Å². The van der Waals surface area contributed by atoms with E-state index in [1.54, 1.807) is 0 Å². The summed E-state index contributed by atoms with van der Waals surface area (Å²) in [5.41, 5.74) is 8.38. The van der Waals surface area contributed by atoms with Crippen LogP contribution in [0.1, 0.15) is 12.5 Å². The molecule has 1 atom stereocenters. The van der Waals surface area contributed by atoms with Crippen molar-refractivity contribution in [3.8, 4) is 0 Å². The summed E-state index contributed by atoms with van der Waals surface area (Å²) in [5.74, 6) is 0. The predicted molar refractivity (Wildman–Crippen MR) is 66.8 cm³/mol. The van der Waals surface area contributed by atoms with Crippen LogP contribution >= 0.6 is 0 Å². The molecule has 0 aromatic heterocycles. The standard InChI is InChI=1S/C13H20N2O/c1-11(14)10-12-2-4-13(5-3-12)15-6-8-16-9-7-15/h2-5,11H,6-10,14H2,1H3/t11-/m0/s1. The zero-order valence-corrected chi connectivity index (χ0v) is 9.86. The van der Waals surface area contributed by atoms with Gasteiger partial charge in [0.05, 0.1) is 13.2 Å². The zero-order chi connectivity index (χ0) is 11.4. The zero-order valence-electron chi connectivity index (χ0n) is 9.86. The molecule has 88 valence electrons. The molecule has 1 aliphatic rings. The lowest BCUT2D eigenvalue weighted by Crippen LogP contribution is -2.36. The Morgan fingerprint density at radius 2 is 1.88 bits per heavy atom. The summed E-state index contributed by atoms with van der Waals surface area (Å²) < 4.78 is 5.34. The maximum atomic E-state index is 5.78. The van der Waals surface area contributed by atoms with Gasteiger partial charge in [-0.1, -0.05) is 12.1 Å². The van der Waals surface area contributed by atoms with Crippen molar-refractivity contribution in [2.75, 3.05) is 31.2 Å². The Balaban J connectivity index is 2.00. The molecule has 3 heteroatoms. The van der Waals surface area contributed by atoms with Crippen LogP contribution in [0.15, 0.2) is 24.3 Å². The molecule has 0 unspecified atom stereocenters. The van der Waals surface area contributed by atoms with E-state index >= 15 is 0 Å². The van der Waals surface area contributed by atoms with E-state index in [0.717, 1.165) is 32.7 Å². The molecule has 2 rings (SSSR count). The van der Waals surface area contributed by atoms with E-state index in [4.69, 9.17) is 10.5 Å². The highest BCUT2D eigenvalue weighted by molar-refractivity contribution is 5.48. The topological polar surface area (TPSA) is 38.5 Å². The van der Waals surface area contributed by atoms with Crippen molar-refractivity contribution in [1.29, 1.82) is 0 Å². The normalized spacial score (nSPS) is 18.5. The summed E-state index contributed by atoms with van der Waals surface area (Å²) in [4.78, 5) is 2.36. The van der Waals surface area contributed by atoms with E-state index in [0.29, 0.717) is 0 Å². The molecular weight excluding hydrogens is 200 g/mol. The number of rotatable bonds is 3. The molecule has 1 aromatic carbocycles. The maximum Gasteiger partial charge on any atom is 0.0642 e. The molecule has 2 N–H and O–H groups in total. The Morgan fingerprint density at radius 1 is 1.25 bits per heavy atom. The number of morpholine rings is 1. The summed E-state index contributed by atoms with van der Waals surface area (Å²) in [7, 11) is 0. The molecule has 1 aromatic rings. The monoisotopic (exact) mass is 220 g/mol. The molecule has 1 saturated heterocycles. The number of ether oxygens (including phenoxy) is 1. The molecule has 0 saturated carbocycles. The highest BCUT2D eigenvalue weighted by atomic mass is 16.5. The Hall–Kier alpha value is -1.06. The smallest absolute Gasteiger partial charge is 0.0642 e. The Labute approximate surface area is 97.2 Å². The van der Waals surface area contributed by atoms with Crippen molar-refractivity contribution in [3.05, 3.63) is 29.8 Å². The first-order valence-electron chi connectivity index (χ1n) is 5.93. The van der Waals surface area contributed by atoms with Crippen LogP contribution in [0.2, 0.25) is 0 Å². The average Bonchev–Trinajstić information content (AvgIpc) is 2.30. The van der Waals surface area contributed by atoms with E-state index in [1.807, 2.05) is 6.92 Å². The molecule has 0 bridgehead atoms. The summed E-state index contributed by atoms with van der Waals surface area (Å²) in [6, 6.07) is 8.95. The van der Waals surface area contributed by atoms with E-state index < -0.39 is 0 Å². The van der Waals surface area contributed by atoms with Crippen LogP contribution in [0.25, 0.3) is 0 Å². The summed E-state index contributed by atoms with van der Waals surface area (Å²) in [6.07, 6.45) is 0.948. The van der Waals surface area contributed by atoms with E-state index in [1.165, 1.54) is 11.3 Å². The number of hydrogen-bond donors (Lipinski definition) is 1. The molecule has 1 heterocycles. The SMILES string of the molecule is C[C@H](N)Cc1ccc(N2CCOCC2)cc1. The van der Waals surface area contributed by atoms with Crippen LogP contribution < -0.4 is 10.6 Å². The number of benzene rings is 1. The Kier molecular flexibility index (Phi) is 3.80. The van der Waals surface area contributed by atoms with Gasteiger partial charge in [0.15, 0.2) is 0 Å². The van der Waals surface area contributed by atoms with Crippen LogP contribution in [-0.2, 0) is 11.2 Å². The third kappa shape index (κ3) is 2.97. The van der Waals surface area contributed by atoms with Crippen LogP contribution in [0.5, 0.6) is 0 Å². The highest BCUT2D eigenvalue weighted by Crippen LogP contribution is 2.17. The molecule has 1 aliphatic heterocycles. The fraction of sp³-hybridized carbons (Fsp3) is 0.538. The third-order valence-corrected chi connectivity index (χ3v) is 2.87. The number of nitrogens with two attached hydrogens (primary N) is 1. The number of nitrogens with zero attached hydrogens (tertiary/aromatic N) is 1. The van der Waals surface area contributed by atoms with Crippen LogP contribution in [0.3, 0.4) is 0 Å². The first kappa shape index (κ1) is 11.4. The second kappa shape index (κ2) is 5.32. The van der Waals surface area contributed by atoms with Crippen molar-refractivity contribution < 1.29 is 4.74 Å². The lowest BCUT2D eigenvalue weighted by atomic mass is 10.1. The highest BCUT2D eigenvalue weighted by Gasteiger charge is 2.10. The second-order valence-electron chi connectivity index (χ2n) is 4.45. The molecule has 0 amide bonds. The molecule has 3 nitrogen and oxygen atoms in total. The van der Waals surface area contributed by atoms with Crippen molar-refractivity contribution in [2.24, 2.45) is 5.73 Å². The van der Waals surface area contributed by atoms with Crippen molar-refractivity contribution in [3.63, 3.8) is 0 Å². The van der Waals surface area contributed by atoms with Gasteiger partial charge >= 0.3 is 0 Å². The summed E-state index contributed by atoms with van der Waals surface area (Å²) in [6.45, 7) is 5.69. The molecule has 0 radical (unpaired) electrons. The van der Waals surface area contributed by atoms with Crippen molar-refractivity contribution >= 4 is 5.69 Å². The van der Waals surface area contributed by atoms with Gasteiger partial charge in [-0.15, -0.1) is 0 Å². The summed E-state index contributed by atoms with van der Waals surface area (Å²) >= 11 is 0. The van der Waals surface area contributed by atoms with Crippen LogP contribution in [-0.4, -0.2) is 32.3 Å². The average molecular weight is 220 g/mol. The second-order valence-corrected chi connectivity index (χ2v) is 4.45. The molecular formula is C13H20N2O. The van der Waals surface area contributed by atoms with Crippen molar-refractivity contribution in [1.82, 2.24) is 0 Å². The molecule has 0 spiro atoms. The third-order valence-electron chi connectivity index (χ3n) is 2.87. The van der Waals surface area contributed by atoms with Gasteiger partial charge < -0.3 is 15.4 Å². The molecule has 0 aliphatic carbocycles. The molecule has 1 fully saturated rings. The number of anilines is 1. The minimum atomic E-state index is 0.231. The fourth-order valence-electron chi connectivity index (χ4n) is 2.04. The first-order chi connectivity index (χ1) is 7.75. The lowest BCUT2D eigenvalue weighted by molar-refractivity contribution is 0.122. The van der Waals surface area contributed by atoms with E-state index in [-0.39, 0.29) is 6.04 Å². The maximum absolute atomic E-state index is 5.78. The minimum absolute atomic E-state index is 0.231. The number of hydrogen-bond acceptors (Lipinski definition) is 3. The van der Waals surface area contributed by atoms with Crippen LogP contribution in [0, 0.1) is 0 Å². The Morgan fingerprint density at radius 3 is 2.44 bits per heavy atom. The predicted octanol–water partition coefficient (Wildman–Crippen LogP) is 1.41. The lowest BCUT2D eigenvalue weighted by Gasteiger charge is -2.29. The fourth-order valence-corrected chi connectivity index (χ4v) is 2.04. The van der Waals surface area contributed by atoms with Gasteiger partial charge in [-0.3, -0.25) is 0 Å². The Bertz CT molecular complexity index is 315. The summed E-state index contributed by atoms with van der Waals surface area (Å²) in [5, 5.41) is 0. The van der Waals surface area contributed by atoms with Crippen molar-refractivity contribution in [2.45, 2.75) is 19.4 Å². The van der Waals surface area contributed by atoms with Gasteiger partial charge in [0.2, 0.25) is 0 Å². The minimum Gasteiger partial charge on any atom is -0.378 e. The first-order valence-corrected chi connectivity index (χ1v) is 5.93. The van der Waals surface area contributed by atoms with Gasteiger partial charge in [0.1, 0.15) is 0 Å². The van der Waals surface area contributed by atoms with Gasteiger partial charge in [0, 0.05) is 24.8 Å². The van der Waals surface area contributed by atoms with Crippen LogP contribution in [0.4, 0.5) is 5.69 Å². The van der Waals surface area contributed by atoms with Gasteiger partial charge in [-0.25, -0.2) is 0 Å². The van der Waals surface area contributed by atoms with Gasteiger partial charge in [-0.05, 0) is 31.0 Å². The van der Waals surface area contributed by atoms with Gasteiger partial charge in [0.25, 0.3) is 0 Å². The van der Waals surface area contributed by atoms with E-state index in [9.17, 15) is 0 Å². The molecule has 16 heavy (non-hydrogen) atoms. The van der Waals surface area contributed by atoms with Gasteiger partial charge in [-0.2, -0.15) is 0 Å². The quantitative estimate of drug-likeness (QED) is 0.837. The largest absolute Gasteiger partial charge is 0.378 e.